The summed E-state index contributed by atoms with van der Waals surface area (Å²) in [5.41, 5.74) is -0.810. The molecule has 0 radical (unpaired) electrons. The predicted molar refractivity (Wildman–Crippen MR) is 59.7 cm³/mol. The van der Waals surface area contributed by atoms with Crippen LogP contribution in [0.2, 0.25) is 0 Å². The molecule has 0 aromatic heterocycles. The topological polar surface area (TPSA) is 60.4 Å². The first kappa shape index (κ1) is 14.6. The zero-order valence-corrected chi connectivity index (χ0v) is 10.7. The summed E-state index contributed by atoms with van der Waals surface area (Å²) in [6.45, 7) is 4.98. The largest absolute Gasteiger partial charge is 0.371 e. The van der Waals surface area contributed by atoms with Gasteiger partial charge in [0, 0.05) is 19.3 Å². The van der Waals surface area contributed by atoms with Gasteiger partial charge in [0.1, 0.15) is 15.4 Å². The zero-order valence-electron chi connectivity index (χ0n) is 9.87. The Kier molecular flexibility index (Phi) is 5.45. The van der Waals surface area contributed by atoms with Gasteiger partial charge >= 0.3 is 0 Å². The highest BCUT2D eigenvalue weighted by atomic mass is 32.2. The van der Waals surface area contributed by atoms with Gasteiger partial charge < -0.3 is 4.74 Å². The van der Waals surface area contributed by atoms with Gasteiger partial charge in [-0.05, 0) is 20.3 Å². The Morgan fingerprint density at radius 1 is 1.33 bits per heavy atom. The molecule has 0 aliphatic rings. The number of methoxy groups -OCH3 is 1. The quantitative estimate of drug-likeness (QED) is 0.666. The van der Waals surface area contributed by atoms with E-state index in [4.69, 9.17) is 4.74 Å². The Hall–Kier alpha value is -0.420. The van der Waals surface area contributed by atoms with E-state index < -0.39 is 15.4 Å². The minimum atomic E-state index is -2.96. The first-order valence-corrected chi connectivity index (χ1v) is 6.86. The van der Waals surface area contributed by atoms with E-state index in [-0.39, 0.29) is 23.7 Å². The maximum Gasteiger partial charge on any atom is 0.164 e. The second-order valence-electron chi connectivity index (χ2n) is 3.98. The van der Waals surface area contributed by atoms with Crippen molar-refractivity contribution in [1.29, 1.82) is 0 Å². The summed E-state index contributed by atoms with van der Waals surface area (Å²) in [6, 6.07) is 0. The third-order valence-electron chi connectivity index (χ3n) is 2.48. The number of hydrogen-bond donors (Lipinski definition) is 0. The lowest BCUT2D eigenvalue weighted by Crippen LogP contribution is -2.33. The van der Waals surface area contributed by atoms with Crippen LogP contribution in [0, 0.1) is 0 Å². The molecule has 15 heavy (non-hydrogen) atoms. The van der Waals surface area contributed by atoms with Gasteiger partial charge in [0.15, 0.2) is 5.78 Å². The lowest BCUT2D eigenvalue weighted by molar-refractivity contribution is -0.137. The molecule has 0 bridgehead atoms. The number of sulfone groups is 1. The standard InChI is InChI=1S/C10H20O4S/c1-5-15(12,13)8-6-7-9(11)10(2,3)14-4/h5-8H2,1-4H3. The second-order valence-corrected chi connectivity index (χ2v) is 6.45. The molecule has 0 spiro atoms. The molecule has 0 rings (SSSR count). The average molecular weight is 236 g/mol. The molecule has 0 aliphatic carbocycles. The van der Waals surface area contributed by atoms with Crippen LogP contribution in [0.5, 0.6) is 0 Å². The van der Waals surface area contributed by atoms with E-state index in [0.717, 1.165) is 0 Å². The molecule has 0 atom stereocenters. The van der Waals surface area contributed by atoms with Crippen molar-refractivity contribution >= 4 is 15.6 Å². The predicted octanol–water partition coefficient (Wildman–Crippen LogP) is 1.20. The fourth-order valence-electron chi connectivity index (χ4n) is 1.01. The van der Waals surface area contributed by atoms with Crippen LogP contribution >= 0.6 is 0 Å². The van der Waals surface area contributed by atoms with E-state index >= 15 is 0 Å². The minimum Gasteiger partial charge on any atom is -0.371 e. The Morgan fingerprint density at radius 3 is 2.27 bits per heavy atom. The summed E-state index contributed by atoms with van der Waals surface area (Å²) in [7, 11) is -1.49. The number of ether oxygens (including phenoxy) is 1. The molecule has 0 unspecified atom stereocenters. The summed E-state index contributed by atoms with van der Waals surface area (Å²) >= 11 is 0. The molecule has 0 fully saturated rings. The molecular weight excluding hydrogens is 216 g/mol. The van der Waals surface area contributed by atoms with Gasteiger partial charge in [0.2, 0.25) is 0 Å². The maximum atomic E-state index is 11.6. The van der Waals surface area contributed by atoms with E-state index in [1.807, 2.05) is 0 Å². The van der Waals surface area contributed by atoms with Crippen LogP contribution in [0.3, 0.4) is 0 Å². The van der Waals surface area contributed by atoms with Crippen LogP contribution in [0.1, 0.15) is 33.6 Å². The lowest BCUT2D eigenvalue weighted by atomic mass is 10.00. The molecule has 5 heteroatoms. The van der Waals surface area contributed by atoms with Gasteiger partial charge in [-0.1, -0.05) is 6.92 Å². The van der Waals surface area contributed by atoms with E-state index in [2.05, 4.69) is 0 Å². The first-order chi connectivity index (χ1) is 6.75. The molecular formula is C10H20O4S. The number of rotatable bonds is 7. The van der Waals surface area contributed by atoms with Gasteiger partial charge in [-0.15, -0.1) is 0 Å². The van der Waals surface area contributed by atoms with Crippen molar-refractivity contribution in [1.82, 2.24) is 0 Å². The highest BCUT2D eigenvalue weighted by Crippen LogP contribution is 2.13. The first-order valence-electron chi connectivity index (χ1n) is 5.04. The third-order valence-corrected chi connectivity index (χ3v) is 4.27. The van der Waals surface area contributed by atoms with Gasteiger partial charge in [-0.3, -0.25) is 4.79 Å². The number of Topliss-reactive ketones (excluding diaryl/α,β-unsaturated/α-hetero) is 1. The van der Waals surface area contributed by atoms with Crippen molar-refractivity contribution in [3.05, 3.63) is 0 Å². The van der Waals surface area contributed by atoms with Crippen LogP contribution < -0.4 is 0 Å². The normalized spacial score (nSPS) is 12.8. The van der Waals surface area contributed by atoms with E-state index in [1.165, 1.54) is 7.11 Å². The summed E-state index contributed by atoms with van der Waals surface area (Å²) < 4.78 is 27.3. The average Bonchev–Trinajstić information content (AvgIpc) is 2.17. The molecule has 0 saturated heterocycles. The molecule has 4 nitrogen and oxygen atoms in total. The molecule has 0 N–H and O–H groups in total. The maximum absolute atomic E-state index is 11.6. The highest BCUT2D eigenvalue weighted by molar-refractivity contribution is 7.91. The van der Waals surface area contributed by atoms with E-state index in [0.29, 0.717) is 6.42 Å². The summed E-state index contributed by atoms with van der Waals surface area (Å²) in [5.74, 6) is 0.153. The molecule has 0 heterocycles. The van der Waals surface area contributed by atoms with E-state index in [1.54, 1.807) is 20.8 Å². The van der Waals surface area contributed by atoms with Crippen molar-refractivity contribution in [3.63, 3.8) is 0 Å². The third kappa shape index (κ3) is 5.28. The fraction of sp³-hybridized carbons (Fsp3) is 0.900. The Morgan fingerprint density at radius 2 is 1.87 bits per heavy atom. The summed E-state index contributed by atoms with van der Waals surface area (Å²) in [6.07, 6.45) is 0.627. The van der Waals surface area contributed by atoms with Gasteiger partial charge in [-0.25, -0.2) is 8.42 Å². The minimum absolute atomic E-state index is 0.0590. The van der Waals surface area contributed by atoms with Crippen molar-refractivity contribution in [3.8, 4) is 0 Å². The summed E-state index contributed by atoms with van der Waals surface area (Å²) in [4.78, 5) is 11.6. The van der Waals surface area contributed by atoms with Gasteiger partial charge in [0.05, 0.1) is 5.75 Å². The number of carbonyl (C=O) groups excluding carboxylic acids is 1. The molecule has 0 aliphatic heterocycles. The van der Waals surface area contributed by atoms with Crippen LogP contribution in [-0.2, 0) is 19.4 Å². The zero-order chi connectivity index (χ0) is 12.1. The highest BCUT2D eigenvalue weighted by Gasteiger charge is 2.26. The van der Waals surface area contributed by atoms with Crippen molar-refractivity contribution in [2.45, 2.75) is 39.2 Å². The molecule has 0 aromatic rings. The van der Waals surface area contributed by atoms with Crippen LogP contribution in [0.25, 0.3) is 0 Å². The van der Waals surface area contributed by atoms with Crippen molar-refractivity contribution < 1.29 is 17.9 Å². The van der Waals surface area contributed by atoms with Crippen LogP contribution in [-0.4, -0.2) is 38.4 Å². The molecule has 0 aromatic carbocycles. The van der Waals surface area contributed by atoms with Gasteiger partial charge in [0.25, 0.3) is 0 Å². The number of hydrogen-bond acceptors (Lipinski definition) is 4. The van der Waals surface area contributed by atoms with Crippen LogP contribution in [0.15, 0.2) is 0 Å². The van der Waals surface area contributed by atoms with Crippen molar-refractivity contribution in [2.24, 2.45) is 0 Å². The molecule has 0 saturated carbocycles. The van der Waals surface area contributed by atoms with E-state index in [9.17, 15) is 13.2 Å². The number of carbonyl (C=O) groups is 1. The smallest absolute Gasteiger partial charge is 0.164 e. The number of ketones is 1. The lowest BCUT2D eigenvalue weighted by Gasteiger charge is -2.20. The SMILES string of the molecule is CCS(=O)(=O)CCCC(=O)C(C)(C)OC. The fourth-order valence-corrected chi connectivity index (χ4v) is 1.88. The Bertz CT molecular complexity index is 303. The summed E-state index contributed by atoms with van der Waals surface area (Å²) in [5, 5.41) is 0. The Balaban J connectivity index is 4.04. The molecule has 0 amide bonds. The van der Waals surface area contributed by atoms with Crippen LogP contribution in [0.4, 0.5) is 0 Å². The monoisotopic (exact) mass is 236 g/mol. The second kappa shape index (κ2) is 5.61. The van der Waals surface area contributed by atoms with Gasteiger partial charge in [-0.2, -0.15) is 0 Å². The van der Waals surface area contributed by atoms with Crippen molar-refractivity contribution in [2.75, 3.05) is 18.6 Å². The molecule has 90 valence electrons. The Labute approximate surface area is 91.9 Å².